The molecule has 5 heteroatoms. The molecular weight excluding hydrogens is 184 g/mol. The minimum Gasteiger partial charge on any atom is -0.463 e. The number of aliphatic hydroxyl groups is 2. The molecular formula is C9H14N2O3. The van der Waals surface area contributed by atoms with Crippen molar-refractivity contribution >= 4 is 0 Å². The maximum Gasteiger partial charge on any atom is 0.316 e. The number of hydrogen-bond acceptors (Lipinski definition) is 5. The van der Waals surface area contributed by atoms with Crippen molar-refractivity contribution in [3.63, 3.8) is 0 Å². The molecule has 5 nitrogen and oxygen atoms in total. The summed E-state index contributed by atoms with van der Waals surface area (Å²) >= 11 is 0. The maximum absolute atomic E-state index is 8.78. The van der Waals surface area contributed by atoms with Crippen LogP contribution in [-0.2, 0) is 0 Å². The summed E-state index contributed by atoms with van der Waals surface area (Å²) in [6.07, 6.45) is 1.60. The summed E-state index contributed by atoms with van der Waals surface area (Å²) in [6.45, 7) is 1.84. The molecule has 0 bridgehead atoms. The number of hydrogen-bond donors (Lipinski definition) is 2. The molecule has 0 saturated heterocycles. The van der Waals surface area contributed by atoms with Crippen molar-refractivity contribution in [2.45, 2.75) is 6.92 Å². The quantitative estimate of drug-likeness (QED) is 0.683. The molecule has 0 aliphatic rings. The molecule has 0 spiro atoms. The molecule has 1 aromatic rings. The van der Waals surface area contributed by atoms with Crippen LogP contribution in [0.1, 0.15) is 5.69 Å². The van der Waals surface area contributed by atoms with Crippen LogP contribution >= 0.6 is 0 Å². The van der Waals surface area contributed by atoms with Crippen molar-refractivity contribution in [3.05, 3.63) is 18.0 Å². The predicted molar refractivity (Wildman–Crippen MR) is 49.9 cm³/mol. The van der Waals surface area contributed by atoms with Gasteiger partial charge in [-0.1, -0.05) is 0 Å². The zero-order valence-electron chi connectivity index (χ0n) is 8.05. The molecule has 0 aliphatic heterocycles. The standard InChI is InChI=1S/C9H14N2O3/c1-7-2-3-10-9(11-7)14-6-8(4-12)5-13/h2-3,8,12-13H,4-6H2,1H3. The Kier molecular flexibility index (Phi) is 4.28. The van der Waals surface area contributed by atoms with Crippen molar-refractivity contribution in [1.29, 1.82) is 0 Å². The molecule has 1 heterocycles. The lowest BCUT2D eigenvalue weighted by Crippen LogP contribution is -2.20. The lowest BCUT2D eigenvalue weighted by atomic mass is 10.2. The minimum absolute atomic E-state index is 0.109. The highest BCUT2D eigenvalue weighted by Gasteiger charge is 2.07. The molecule has 78 valence electrons. The first-order valence-corrected chi connectivity index (χ1v) is 4.40. The third-order valence-electron chi connectivity index (χ3n) is 1.74. The molecule has 1 rings (SSSR count). The highest BCUT2D eigenvalue weighted by Crippen LogP contribution is 2.04. The summed E-state index contributed by atoms with van der Waals surface area (Å²) in [6, 6.07) is 2.04. The predicted octanol–water partition coefficient (Wildman–Crippen LogP) is -0.235. The van der Waals surface area contributed by atoms with Gasteiger partial charge in [-0.25, -0.2) is 9.97 Å². The summed E-state index contributed by atoms with van der Waals surface area (Å²) < 4.78 is 5.19. The van der Waals surface area contributed by atoms with Crippen LogP contribution in [0.2, 0.25) is 0 Å². The lowest BCUT2D eigenvalue weighted by Gasteiger charge is -2.10. The fourth-order valence-corrected chi connectivity index (χ4v) is 0.851. The normalized spacial score (nSPS) is 10.6. The van der Waals surface area contributed by atoms with E-state index in [9.17, 15) is 0 Å². The van der Waals surface area contributed by atoms with Gasteiger partial charge < -0.3 is 14.9 Å². The Morgan fingerprint density at radius 3 is 2.71 bits per heavy atom. The largest absolute Gasteiger partial charge is 0.463 e. The van der Waals surface area contributed by atoms with E-state index in [-0.39, 0.29) is 31.7 Å². The third kappa shape index (κ3) is 3.27. The number of aryl methyl sites for hydroxylation is 1. The first-order chi connectivity index (χ1) is 6.76. The van der Waals surface area contributed by atoms with Gasteiger partial charge in [0.1, 0.15) is 0 Å². The van der Waals surface area contributed by atoms with Crippen LogP contribution in [0.4, 0.5) is 0 Å². The van der Waals surface area contributed by atoms with Crippen LogP contribution in [0.25, 0.3) is 0 Å². The average Bonchev–Trinajstić information content (AvgIpc) is 2.19. The summed E-state index contributed by atoms with van der Waals surface area (Å²) in [5.41, 5.74) is 0.819. The number of rotatable bonds is 5. The van der Waals surface area contributed by atoms with Crippen LogP contribution in [0, 0.1) is 12.8 Å². The Balaban J connectivity index is 2.44. The van der Waals surface area contributed by atoms with Gasteiger partial charge in [-0.3, -0.25) is 0 Å². The van der Waals surface area contributed by atoms with Gasteiger partial charge in [0, 0.05) is 17.8 Å². The molecule has 0 amide bonds. The fourth-order valence-electron chi connectivity index (χ4n) is 0.851. The molecule has 0 saturated carbocycles. The van der Waals surface area contributed by atoms with E-state index in [1.54, 1.807) is 12.3 Å². The van der Waals surface area contributed by atoms with Crippen molar-refractivity contribution in [2.24, 2.45) is 5.92 Å². The van der Waals surface area contributed by atoms with Gasteiger partial charge in [-0.2, -0.15) is 0 Å². The second kappa shape index (κ2) is 5.51. The van der Waals surface area contributed by atoms with Gasteiger partial charge in [-0.15, -0.1) is 0 Å². The van der Waals surface area contributed by atoms with Crippen LogP contribution in [0.5, 0.6) is 6.01 Å². The SMILES string of the molecule is Cc1ccnc(OCC(CO)CO)n1. The molecule has 14 heavy (non-hydrogen) atoms. The summed E-state index contributed by atoms with van der Waals surface area (Å²) in [5, 5.41) is 17.6. The monoisotopic (exact) mass is 198 g/mol. The van der Waals surface area contributed by atoms with Gasteiger partial charge in [0.15, 0.2) is 0 Å². The first-order valence-electron chi connectivity index (χ1n) is 4.40. The van der Waals surface area contributed by atoms with Gasteiger partial charge in [0.2, 0.25) is 0 Å². The number of aliphatic hydroxyl groups excluding tert-OH is 2. The van der Waals surface area contributed by atoms with E-state index in [4.69, 9.17) is 14.9 Å². The average molecular weight is 198 g/mol. The molecule has 0 fully saturated rings. The smallest absolute Gasteiger partial charge is 0.316 e. The van der Waals surface area contributed by atoms with Crippen molar-refractivity contribution in [3.8, 4) is 6.01 Å². The van der Waals surface area contributed by atoms with E-state index in [1.807, 2.05) is 6.92 Å². The van der Waals surface area contributed by atoms with Gasteiger partial charge in [0.05, 0.1) is 19.8 Å². The first kappa shape index (κ1) is 10.9. The molecule has 0 atom stereocenters. The van der Waals surface area contributed by atoms with Crippen LogP contribution < -0.4 is 4.74 Å². The zero-order chi connectivity index (χ0) is 10.4. The number of ether oxygens (including phenoxy) is 1. The highest BCUT2D eigenvalue weighted by atomic mass is 16.5. The Morgan fingerprint density at radius 1 is 1.43 bits per heavy atom. The van der Waals surface area contributed by atoms with Crippen LogP contribution in [0.15, 0.2) is 12.3 Å². The highest BCUT2D eigenvalue weighted by molar-refractivity contribution is 5.02. The number of aromatic nitrogens is 2. The van der Waals surface area contributed by atoms with E-state index in [0.717, 1.165) is 5.69 Å². The van der Waals surface area contributed by atoms with E-state index in [2.05, 4.69) is 9.97 Å². The molecule has 1 aromatic heterocycles. The van der Waals surface area contributed by atoms with E-state index < -0.39 is 0 Å². The lowest BCUT2D eigenvalue weighted by molar-refractivity contribution is 0.102. The fraction of sp³-hybridized carbons (Fsp3) is 0.556. The van der Waals surface area contributed by atoms with Gasteiger partial charge in [0.25, 0.3) is 0 Å². The second-order valence-corrected chi connectivity index (χ2v) is 3.02. The molecule has 0 radical (unpaired) electrons. The van der Waals surface area contributed by atoms with E-state index in [0.29, 0.717) is 0 Å². The Labute approximate surface area is 82.4 Å². The number of nitrogens with zero attached hydrogens (tertiary/aromatic N) is 2. The Bertz CT molecular complexity index is 277. The Morgan fingerprint density at radius 2 is 2.14 bits per heavy atom. The molecule has 2 N–H and O–H groups in total. The van der Waals surface area contributed by atoms with Crippen molar-refractivity contribution in [1.82, 2.24) is 9.97 Å². The van der Waals surface area contributed by atoms with Crippen LogP contribution in [-0.4, -0.2) is 40.0 Å². The Hall–Kier alpha value is -1.20. The van der Waals surface area contributed by atoms with E-state index in [1.165, 1.54) is 0 Å². The topological polar surface area (TPSA) is 75.5 Å². The molecule has 0 aliphatic carbocycles. The summed E-state index contributed by atoms with van der Waals surface area (Å²) in [7, 11) is 0. The van der Waals surface area contributed by atoms with Crippen molar-refractivity contribution in [2.75, 3.05) is 19.8 Å². The van der Waals surface area contributed by atoms with Crippen LogP contribution in [0.3, 0.4) is 0 Å². The van der Waals surface area contributed by atoms with Gasteiger partial charge >= 0.3 is 6.01 Å². The molecule has 0 unspecified atom stereocenters. The summed E-state index contributed by atoms with van der Waals surface area (Å²) in [4.78, 5) is 7.90. The third-order valence-corrected chi connectivity index (χ3v) is 1.74. The summed E-state index contributed by atoms with van der Waals surface area (Å²) in [5.74, 6) is -0.279. The minimum atomic E-state index is -0.279. The zero-order valence-corrected chi connectivity index (χ0v) is 8.05. The maximum atomic E-state index is 8.78. The van der Waals surface area contributed by atoms with Crippen molar-refractivity contribution < 1.29 is 14.9 Å². The van der Waals surface area contributed by atoms with E-state index >= 15 is 0 Å². The second-order valence-electron chi connectivity index (χ2n) is 3.02. The molecule has 0 aromatic carbocycles. The van der Waals surface area contributed by atoms with Gasteiger partial charge in [-0.05, 0) is 13.0 Å².